The van der Waals surface area contributed by atoms with E-state index in [-0.39, 0.29) is 24.6 Å². The van der Waals surface area contributed by atoms with E-state index in [9.17, 15) is 19.7 Å². The monoisotopic (exact) mass is 294 g/mol. The zero-order valence-electron chi connectivity index (χ0n) is 12.0. The van der Waals surface area contributed by atoms with Gasteiger partial charge in [-0.3, -0.25) is 19.7 Å². The fourth-order valence-electron chi connectivity index (χ4n) is 1.93. The molecular formula is C14H18N2O5. The van der Waals surface area contributed by atoms with Crippen molar-refractivity contribution in [3.05, 3.63) is 39.9 Å². The van der Waals surface area contributed by atoms with Crippen molar-refractivity contribution in [2.24, 2.45) is 5.92 Å². The Morgan fingerprint density at radius 1 is 1.38 bits per heavy atom. The standard InChI is InChI=1S/C14H18N2O5/c1-3-15(9-10(2)14(18)19)13(17)8-11-6-4-5-7-12(11)16(20)21/h4-7,10H,3,8-9H2,1-2H3,(H,18,19). The van der Waals surface area contributed by atoms with Gasteiger partial charge in [-0.2, -0.15) is 0 Å². The first kappa shape index (κ1) is 16.6. The van der Waals surface area contributed by atoms with Crippen LogP contribution in [-0.4, -0.2) is 39.9 Å². The summed E-state index contributed by atoms with van der Waals surface area (Å²) in [6.07, 6.45) is -0.114. The van der Waals surface area contributed by atoms with Gasteiger partial charge in [0.25, 0.3) is 5.69 Å². The van der Waals surface area contributed by atoms with Crippen LogP contribution in [0.3, 0.4) is 0 Å². The molecule has 0 radical (unpaired) electrons. The number of carbonyl (C=O) groups is 2. The van der Waals surface area contributed by atoms with Crippen LogP contribution in [0.15, 0.2) is 24.3 Å². The highest BCUT2D eigenvalue weighted by molar-refractivity contribution is 5.80. The number of carboxylic acid groups (broad SMARTS) is 1. The number of nitrogens with zero attached hydrogens (tertiary/aromatic N) is 2. The van der Waals surface area contributed by atoms with Crippen molar-refractivity contribution >= 4 is 17.6 Å². The van der Waals surface area contributed by atoms with Gasteiger partial charge in [-0.1, -0.05) is 25.1 Å². The molecule has 1 amide bonds. The minimum atomic E-state index is -0.980. The Balaban J connectivity index is 2.84. The Morgan fingerprint density at radius 3 is 2.52 bits per heavy atom. The number of benzene rings is 1. The predicted molar refractivity (Wildman–Crippen MR) is 75.9 cm³/mol. The maximum Gasteiger partial charge on any atom is 0.308 e. The van der Waals surface area contributed by atoms with Gasteiger partial charge < -0.3 is 10.0 Å². The van der Waals surface area contributed by atoms with Gasteiger partial charge in [0.05, 0.1) is 17.3 Å². The van der Waals surface area contributed by atoms with Crippen molar-refractivity contribution in [1.29, 1.82) is 0 Å². The van der Waals surface area contributed by atoms with E-state index >= 15 is 0 Å². The molecule has 21 heavy (non-hydrogen) atoms. The third-order valence-corrected chi connectivity index (χ3v) is 3.18. The summed E-state index contributed by atoms with van der Waals surface area (Å²) < 4.78 is 0. The number of aliphatic carboxylic acids is 1. The molecule has 0 aliphatic carbocycles. The minimum Gasteiger partial charge on any atom is -0.481 e. The highest BCUT2D eigenvalue weighted by Crippen LogP contribution is 2.19. The molecule has 0 spiro atoms. The molecule has 0 heterocycles. The normalized spacial score (nSPS) is 11.7. The Labute approximate surface area is 122 Å². The van der Waals surface area contributed by atoms with Gasteiger partial charge >= 0.3 is 5.97 Å². The number of likely N-dealkylation sites (N-methyl/N-ethyl adjacent to an activating group) is 1. The Bertz CT molecular complexity index is 544. The second-order valence-electron chi connectivity index (χ2n) is 4.73. The van der Waals surface area contributed by atoms with Gasteiger partial charge in [0.1, 0.15) is 0 Å². The number of hydrogen-bond donors (Lipinski definition) is 1. The number of amides is 1. The molecule has 1 N–H and O–H groups in total. The van der Waals surface area contributed by atoms with E-state index < -0.39 is 16.8 Å². The molecule has 0 aliphatic rings. The lowest BCUT2D eigenvalue weighted by molar-refractivity contribution is -0.385. The molecule has 0 saturated heterocycles. The van der Waals surface area contributed by atoms with E-state index in [0.29, 0.717) is 12.1 Å². The number of para-hydroxylation sites is 1. The lowest BCUT2D eigenvalue weighted by Gasteiger charge is -2.22. The second-order valence-corrected chi connectivity index (χ2v) is 4.73. The fraction of sp³-hybridized carbons (Fsp3) is 0.429. The SMILES string of the molecule is CCN(CC(C)C(=O)O)C(=O)Cc1ccccc1[N+](=O)[O-]. The van der Waals surface area contributed by atoms with Gasteiger partial charge in [0, 0.05) is 24.7 Å². The highest BCUT2D eigenvalue weighted by Gasteiger charge is 2.22. The Hall–Kier alpha value is -2.44. The van der Waals surface area contributed by atoms with Crippen LogP contribution in [0, 0.1) is 16.0 Å². The van der Waals surface area contributed by atoms with Crippen LogP contribution in [0.25, 0.3) is 0 Å². The zero-order valence-corrected chi connectivity index (χ0v) is 12.0. The molecular weight excluding hydrogens is 276 g/mol. The summed E-state index contributed by atoms with van der Waals surface area (Å²) in [5, 5.41) is 19.8. The molecule has 1 aromatic rings. The second kappa shape index (κ2) is 7.37. The van der Waals surface area contributed by atoms with E-state index in [1.165, 1.54) is 30.0 Å². The lowest BCUT2D eigenvalue weighted by Crippen LogP contribution is -2.37. The molecule has 114 valence electrons. The molecule has 7 nitrogen and oxygen atoms in total. The molecule has 1 atom stereocenters. The summed E-state index contributed by atoms with van der Waals surface area (Å²) in [6.45, 7) is 3.71. The maximum atomic E-state index is 12.2. The molecule has 1 unspecified atom stereocenters. The minimum absolute atomic E-state index is 0.0886. The molecule has 0 aromatic heterocycles. The summed E-state index contributed by atoms with van der Waals surface area (Å²) in [6, 6.07) is 6.05. The summed E-state index contributed by atoms with van der Waals surface area (Å²) >= 11 is 0. The van der Waals surface area contributed by atoms with Crippen LogP contribution >= 0.6 is 0 Å². The average molecular weight is 294 g/mol. The van der Waals surface area contributed by atoms with Gasteiger partial charge in [0.15, 0.2) is 0 Å². The van der Waals surface area contributed by atoms with E-state index in [1.54, 1.807) is 13.0 Å². The number of nitro groups is 1. The van der Waals surface area contributed by atoms with Gasteiger partial charge in [0.2, 0.25) is 5.91 Å². The Morgan fingerprint density at radius 2 is 2.00 bits per heavy atom. The van der Waals surface area contributed by atoms with Crippen molar-refractivity contribution in [3.8, 4) is 0 Å². The van der Waals surface area contributed by atoms with Crippen molar-refractivity contribution in [2.45, 2.75) is 20.3 Å². The first-order chi connectivity index (χ1) is 9.86. The van der Waals surface area contributed by atoms with Crippen LogP contribution in [0.1, 0.15) is 19.4 Å². The molecule has 1 rings (SSSR count). The smallest absolute Gasteiger partial charge is 0.308 e. The largest absolute Gasteiger partial charge is 0.481 e. The summed E-state index contributed by atoms with van der Waals surface area (Å²) in [4.78, 5) is 34.8. The topological polar surface area (TPSA) is 101 Å². The third-order valence-electron chi connectivity index (χ3n) is 3.18. The summed E-state index contributed by atoms with van der Waals surface area (Å²) in [5.41, 5.74) is 0.224. The van der Waals surface area contributed by atoms with E-state index in [0.717, 1.165) is 0 Å². The third kappa shape index (κ3) is 4.55. The van der Waals surface area contributed by atoms with Gasteiger partial charge in [-0.15, -0.1) is 0 Å². The number of nitro benzene ring substituents is 1. The van der Waals surface area contributed by atoms with Crippen LogP contribution in [0.5, 0.6) is 0 Å². The van der Waals surface area contributed by atoms with E-state index in [2.05, 4.69) is 0 Å². The van der Waals surface area contributed by atoms with E-state index in [4.69, 9.17) is 5.11 Å². The van der Waals surface area contributed by atoms with Gasteiger partial charge in [-0.05, 0) is 6.92 Å². The molecule has 7 heteroatoms. The molecule has 0 saturated carbocycles. The van der Waals surface area contributed by atoms with Crippen LogP contribution in [-0.2, 0) is 16.0 Å². The summed E-state index contributed by atoms with van der Waals surface area (Å²) in [7, 11) is 0. The molecule has 0 fully saturated rings. The van der Waals surface area contributed by atoms with Gasteiger partial charge in [-0.25, -0.2) is 0 Å². The number of carboxylic acids is 1. The van der Waals surface area contributed by atoms with Crippen LogP contribution in [0.4, 0.5) is 5.69 Å². The van der Waals surface area contributed by atoms with Crippen molar-refractivity contribution in [2.75, 3.05) is 13.1 Å². The predicted octanol–water partition coefficient (Wildman–Crippen LogP) is 1.71. The van der Waals surface area contributed by atoms with Crippen LogP contribution < -0.4 is 0 Å². The first-order valence-corrected chi connectivity index (χ1v) is 6.59. The lowest BCUT2D eigenvalue weighted by atomic mass is 10.1. The van der Waals surface area contributed by atoms with Crippen molar-refractivity contribution in [3.63, 3.8) is 0 Å². The summed E-state index contributed by atoms with van der Waals surface area (Å²) in [5.74, 6) is -1.98. The maximum absolute atomic E-state index is 12.2. The molecule has 0 bridgehead atoms. The molecule has 1 aromatic carbocycles. The first-order valence-electron chi connectivity index (χ1n) is 6.59. The Kier molecular flexibility index (Phi) is 5.83. The highest BCUT2D eigenvalue weighted by atomic mass is 16.6. The number of hydrogen-bond acceptors (Lipinski definition) is 4. The average Bonchev–Trinajstić information content (AvgIpc) is 2.44. The number of rotatable bonds is 7. The number of carbonyl (C=O) groups excluding carboxylic acids is 1. The van der Waals surface area contributed by atoms with Crippen molar-refractivity contribution in [1.82, 2.24) is 4.90 Å². The zero-order chi connectivity index (χ0) is 16.0. The van der Waals surface area contributed by atoms with Crippen LogP contribution in [0.2, 0.25) is 0 Å². The van der Waals surface area contributed by atoms with Crippen molar-refractivity contribution < 1.29 is 19.6 Å². The van der Waals surface area contributed by atoms with E-state index in [1.807, 2.05) is 0 Å². The fourth-order valence-corrected chi connectivity index (χ4v) is 1.93. The molecule has 0 aliphatic heterocycles. The quantitative estimate of drug-likeness (QED) is 0.609.